The van der Waals surface area contributed by atoms with Crippen molar-refractivity contribution in [3.63, 3.8) is 0 Å². The predicted molar refractivity (Wildman–Crippen MR) is 50.5 cm³/mol. The number of pyridine rings is 1. The number of rotatable bonds is 4. The summed E-state index contributed by atoms with van der Waals surface area (Å²) in [7, 11) is 1.51. The van der Waals surface area contributed by atoms with Gasteiger partial charge < -0.3 is 20.5 Å². The molecule has 0 saturated carbocycles. The molecule has 1 aromatic rings. The van der Waals surface area contributed by atoms with Crippen molar-refractivity contribution in [2.24, 2.45) is 0 Å². The molecule has 1 heterocycles. The van der Waals surface area contributed by atoms with Crippen LogP contribution in [0.3, 0.4) is 0 Å². The molecular weight excluding hydrogens is 184 g/mol. The monoisotopic (exact) mass is 196 g/mol. The molecule has 1 rings (SSSR count). The van der Waals surface area contributed by atoms with Crippen LogP contribution < -0.4 is 9.47 Å². The summed E-state index contributed by atoms with van der Waals surface area (Å²) in [5.74, 6) is 0.567. The summed E-state index contributed by atoms with van der Waals surface area (Å²) in [6.45, 7) is -0.336. The number of nitrogens with zero attached hydrogens (tertiary/aromatic N) is 1. The topological polar surface area (TPSA) is 80.2 Å². The molecule has 0 unspecified atom stereocenters. The average molecular weight is 196 g/mol. The van der Waals surface area contributed by atoms with Crippen molar-refractivity contribution in [2.45, 2.75) is 6.42 Å². The van der Waals surface area contributed by atoms with Crippen LogP contribution in [-0.2, 0) is 6.42 Å². The van der Waals surface area contributed by atoms with Crippen LogP contribution in [-0.4, -0.2) is 24.5 Å². The summed E-state index contributed by atoms with van der Waals surface area (Å²) in [5, 5.41) is 27.1. The maximum Gasteiger partial charge on any atom is 0.202 e. The number of aromatic nitrogens is 1. The van der Waals surface area contributed by atoms with Crippen molar-refractivity contribution < 1.29 is 14.6 Å². The molecule has 0 fully saturated rings. The number of nitrogens with one attached hydrogen (secondary N) is 1. The molecule has 5 nitrogen and oxygen atoms in total. The van der Waals surface area contributed by atoms with Crippen LogP contribution in [0.25, 0.3) is 0 Å². The van der Waals surface area contributed by atoms with E-state index in [1.165, 1.54) is 13.3 Å². The van der Waals surface area contributed by atoms with Gasteiger partial charge in [0.2, 0.25) is 5.69 Å². The number of hydrogen-bond acceptors (Lipinski definition) is 4. The molecule has 0 aliphatic rings. The third-order valence-corrected chi connectivity index (χ3v) is 1.79. The van der Waals surface area contributed by atoms with Gasteiger partial charge in [-0.2, -0.15) is 4.73 Å². The first kappa shape index (κ1) is 10.5. The van der Waals surface area contributed by atoms with Crippen molar-refractivity contribution in [2.75, 3.05) is 13.7 Å². The van der Waals surface area contributed by atoms with Gasteiger partial charge in [-0.05, 0) is 0 Å². The molecule has 76 valence electrons. The van der Waals surface area contributed by atoms with Crippen molar-refractivity contribution in [3.8, 4) is 5.75 Å². The Hall–Kier alpha value is -1.62. The van der Waals surface area contributed by atoms with E-state index in [2.05, 4.69) is 0 Å². The maximum atomic E-state index is 11.2. The summed E-state index contributed by atoms with van der Waals surface area (Å²) < 4.78 is 5.60. The van der Waals surface area contributed by atoms with Gasteiger partial charge in [-0.25, -0.2) is 0 Å². The van der Waals surface area contributed by atoms with Gasteiger partial charge in [-0.1, -0.05) is 0 Å². The molecule has 2 N–H and O–H groups in total. The van der Waals surface area contributed by atoms with Crippen molar-refractivity contribution in [3.05, 3.63) is 29.2 Å². The first-order valence-corrected chi connectivity index (χ1v) is 4.10. The molecule has 0 radical (unpaired) electrons. The predicted octanol–water partition coefficient (Wildman–Crippen LogP) is -0.117. The highest BCUT2D eigenvalue weighted by atomic mass is 16.5. The number of aliphatic hydroxyl groups is 1. The molecule has 0 aliphatic carbocycles. The van der Waals surface area contributed by atoms with Crippen molar-refractivity contribution in [1.29, 1.82) is 5.41 Å². The minimum atomic E-state index is -0.336. The second-order valence-corrected chi connectivity index (χ2v) is 2.82. The number of aliphatic hydroxyl groups excluding tert-OH is 1. The fourth-order valence-corrected chi connectivity index (χ4v) is 1.04. The molecule has 0 aliphatic heterocycles. The minimum Gasteiger partial charge on any atom is -0.618 e. The summed E-state index contributed by atoms with van der Waals surface area (Å²) in [5.41, 5.74) is 0.492. The van der Waals surface area contributed by atoms with Gasteiger partial charge in [0.15, 0.2) is 6.20 Å². The summed E-state index contributed by atoms with van der Waals surface area (Å²) >= 11 is 0. The highest BCUT2D eigenvalue weighted by Crippen LogP contribution is 2.09. The van der Waals surface area contributed by atoms with Crippen LogP contribution in [0.1, 0.15) is 5.69 Å². The van der Waals surface area contributed by atoms with E-state index in [0.717, 1.165) is 0 Å². The van der Waals surface area contributed by atoms with Gasteiger partial charge in [-0.15, -0.1) is 0 Å². The Morgan fingerprint density at radius 2 is 2.43 bits per heavy atom. The average Bonchev–Trinajstić information content (AvgIpc) is 2.21. The Morgan fingerprint density at radius 3 is 3.00 bits per heavy atom. The lowest BCUT2D eigenvalue weighted by atomic mass is 10.2. The molecule has 0 bridgehead atoms. The highest BCUT2D eigenvalue weighted by molar-refractivity contribution is 5.83. The fourth-order valence-electron chi connectivity index (χ4n) is 1.04. The molecule has 0 saturated heterocycles. The van der Waals surface area contributed by atoms with E-state index < -0.39 is 0 Å². The van der Waals surface area contributed by atoms with Gasteiger partial charge in [0.05, 0.1) is 20.1 Å². The van der Waals surface area contributed by atoms with Crippen LogP contribution in [0.2, 0.25) is 0 Å². The SMILES string of the molecule is COc1cc[n+]([O-])c(CC(=N)CO)c1. The van der Waals surface area contributed by atoms with E-state index in [0.29, 0.717) is 16.2 Å². The zero-order valence-corrected chi connectivity index (χ0v) is 7.86. The largest absolute Gasteiger partial charge is 0.618 e. The summed E-state index contributed by atoms with van der Waals surface area (Å²) in [4.78, 5) is 0. The van der Waals surface area contributed by atoms with Gasteiger partial charge in [0.1, 0.15) is 5.75 Å². The van der Waals surface area contributed by atoms with Gasteiger partial charge in [-0.3, -0.25) is 0 Å². The third-order valence-electron chi connectivity index (χ3n) is 1.79. The molecule has 1 aromatic heterocycles. The first-order valence-electron chi connectivity index (χ1n) is 4.10. The Morgan fingerprint density at radius 1 is 1.71 bits per heavy atom. The molecular formula is C9H12N2O3. The Labute approximate surface area is 81.7 Å². The van der Waals surface area contributed by atoms with Crippen LogP contribution in [0.15, 0.2) is 18.3 Å². The molecule has 0 atom stereocenters. The standard InChI is InChI=1S/C9H12N2O3/c1-14-9-2-3-11(13)8(5-9)4-7(10)6-12/h2-3,5,10,12H,4,6H2,1H3. The molecule has 5 heteroatoms. The van der Waals surface area contributed by atoms with Crippen LogP contribution in [0.5, 0.6) is 5.75 Å². The van der Waals surface area contributed by atoms with E-state index in [9.17, 15) is 5.21 Å². The van der Waals surface area contributed by atoms with Crippen molar-refractivity contribution in [1.82, 2.24) is 0 Å². The fraction of sp³-hybridized carbons (Fsp3) is 0.333. The quantitative estimate of drug-likeness (QED) is 0.400. The zero-order chi connectivity index (χ0) is 10.6. The molecule has 0 spiro atoms. The smallest absolute Gasteiger partial charge is 0.202 e. The second-order valence-electron chi connectivity index (χ2n) is 2.82. The Bertz CT molecular complexity index is 339. The third kappa shape index (κ3) is 2.43. The molecule has 0 amide bonds. The lowest BCUT2D eigenvalue weighted by Gasteiger charge is -2.05. The molecule has 14 heavy (non-hydrogen) atoms. The van der Waals surface area contributed by atoms with E-state index in [1.54, 1.807) is 12.1 Å². The summed E-state index contributed by atoms with van der Waals surface area (Å²) in [6, 6.07) is 3.09. The van der Waals surface area contributed by atoms with E-state index in [-0.39, 0.29) is 18.7 Å². The Balaban J connectivity index is 2.89. The number of methoxy groups -OCH3 is 1. The lowest BCUT2D eigenvalue weighted by molar-refractivity contribution is -0.613. The van der Waals surface area contributed by atoms with Crippen LogP contribution >= 0.6 is 0 Å². The Kier molecular flexibility index (Phi) is 3.41. The summed E-state index contributed by atoms with van der Waals surface area (Å²) in [6.07, 6.45) is 1.45. The van der Waals surface area contributed by atoms with Crippen LogP contribution in [0.4, 0.5) is 0 Å². The molecule has 0 aromatic carbocycles. The zero-order valence-electron chi connectivity index (χ0n) is 7.86. The first-order chi connectivity index (χ1) is 6.67. The second kappa shape index (κ2) is 4.57. The van der Waals surface area contributed by atoms with E-state index in [1.807, 2.05) is 0 Å². The number of ether oxygens (including phenoxy) is 1. The van der Waals surface area contributed by atoms with Crippen molar-refractivity contribution >= 4 is 5.71 Å². The lowest BCUT2D eigenvalue weighted by Crippen LogP contribution is -2.32. The van der Waals surface area contributed by atoms with Crippen LogP contribution in [0, 0.1) is 10.6 Å². The van der Waals surface area contributed by atoms with Gasteiger partial charge >= 0.3 is 0 Å². The minimum absolute atomic E-state index is 0.0999. The maximum absolute atomic E-state index is 11.2. The van der Waals surface area contributed by atoms with E-state index >= 15 is 0 Å². The van der Waals surface area contributed by atoms with Gasteiger partial charge in [0.25, 0.3) is 0 Å². The van der Waals surface area contributed by atoms with E-state index in [4.69, 9.17) is 15.3 Å². The normalized spacial score (nSPS) is 9.86. The highest BCUT2D eigenvalue weighted by Gasteiger charge is 2.09. The number of hydrogen-bond donors (Lipinski definition) is 2. The van der Waals surface area contributed by atoms with Gasteiger partial charge in [0, 0.05) is 17.8 Å².